The third-order valence-corrected chi connectivity index (χ3v) is 3.74. The van der Waals surface area contributed by atoms with Gasteiger partial charge in [-0.2, -0.15) is 0 Å². The number of piperidine rings is 1. The van der Waals surface area contributed by atoms with Gasteiger partial charge in [0.25, 0.3) is 0 Å². The van der Waals surface area contributed by atoms with Gasteiger partial charge in [-0.3, -0.25) is 4.90 Å². The number of alkyl halides is 1. The summed E-state index contributed by atoms with van der Waals surface area (Å²) in [6.07, 6.45) is 2.65. The Hall–Kier alpha value is -0.840. The van der Waals surface area contributed by atoms with Gasteiger partial charge in [0.15, 0.2) is 0 Å². The lowest BCUT2D eigenvalue weighted by molar-refractivity contribution is 0.0277. The average Bonchev–Trinajstić information content (AvgIpc) is 2.09. The molecule has 0 unspecified atom stereocenters. The van der Waals surface area contributed by atoms with E-state index in [1.807, 2.05) is 20.8 Å². The highest BCUT2D eigenvalue weighted by atomic mass is 19.1. The molecule has 1 amide bonds. The smallest absolute Gasteiger partial charge is 0.407 e. The molecular weight excluding hydrogens is 247 g/mol. The predicted octanol–water partition coefficient (Wildman–Crippen LogP) is 2.48. The third-order valence-electron chi connectivity index (χ3n) is 3.74. The molecule has 1 aliphatic carbocycles. The van der Waals surface area contributed by atoms with Gasteiger partial charge in [-0.25, -0.2) is 9.18 Å². The summed E-state index contributed by atoms with van der Waals surface area (Å²) in [5, 5.41) is 2.80. The fourth-order valence-corrected chi connectivity index (χ4v) is 2.70. The fourth-order valence-electron chi connectivity index (χ4n) is 2.70. The van der Waals surface area contributed by atoms with Crippen LogP contribution in [-0.2, 0) is 4.74 Å². The van der Waals surface area contributed by atoms with Crippen LogP contribution < -0.4 is 5.32 Å². The summed E-state index contributed by atoms with van der Waals surface area (Å²) >= 11 is 0. The monoisotopic (exact) mass is 272 g/mol. The summed E-state index contributed by atoms with van der Waals surface area (Å²) in [5.41, 5.74) is -0.512. The maximum atomic E-state index is 13.8. The molecule has 0 radical (unpaired) electrons. The highest BCUT2D eigenvalue weighted by Gasteiger charge is 2.34. The molecule has 1 heterocycles. The first-order valence-electron chi connectivity index (χ1n) is 7.21. The molecule has 0 aromatic heterocycles. The van der Waals surface area contributed by atoms with Crippen molar-refractivity contribution in [2.24, 2.45) is 0 Å². The Kier molecular flexibility index (Phi) is 4.33. The maximum Gasteiger partial charge on any atom is 0.407 e. The molecular formula is C14H25FN2O2. The number of halogens is 1. The molecule has 110 valence electrons. The number of hydrogen-bond acceptors (Lipinski definition) is 3. The van der Waals surface area contributed by atoms with Crippen molar-refractivity contribution < 1.29 is 13.9 Å². The molecule has 0 aromatic carbocycles. The van der Waals surface area contributed by atoms with Gasteiger partial charge < -0.3 is 10.1 Å². The lowest BCUT2D eigenvalue weighted by Crippen LogP contribution is -2.56. The van der Waals surface area contributed by atoms with Crippen LogP contribution in [0, 0.1) is 0 Å². The van der Waals surface area contributed by atoms with Crippen LogP contribution in [0.1, 0.15) is 46.5 Å². The first kappa shape index (κ1) is 14.6. The second-order valence-electron chi connectivity index (χ2n) is 6.71. The van der Waals surface area contributed by atoms with Gasteiger partial charge in [0.05, 0.1) is 0 Å². The average molecular weight is 272 g/mol. The largest absolute Gasteiger partial charge is 0.444 e. The minimum absolute atomic E-state index is 0.140. The van der Waals surface area contributed by atoms with Crippen LogP contribution >= 0.6 is 0 Å². The van der Waals surface area contributed by atoms with E-state index in [1.54, 1.807) is 0 Å². The molecule has 5 heteroatoms. The van der Waals surface area contributed by atoms with E-state index in [0.717, 1.165) is 19.4 Å². The Morgan fingerprint density at radius 2 is 2.00 bits per heavy atom. The van der Waals surface area contributed by atoms with E-state index in [1.165, 1.54) is 6.42 Å². The zero-order chi connectivity index (χ0) is 14.0. The number of nitrogens with one attached hydrogen (secondary N) is 1. The van der Waals surface area contributed by atoms with Crippen LogP contribution in [0.2, 0.25) is 0 Å². The Balaban J connectivity index is 1.83. The fraction of sp³-hybridized carbons (Fsp3) is 0.929. The maximum absolute atomic E-state index is 13.8. The van der Waals surface area contributed by atoms with E-state index >= 15 is 0 Å². The van der Waals surface area contributed by atoms with Gasteiger partial charge in [-0.05, 0) is 33.6 Å². The molecule has 0 spiro atoms. The summed E-state index contributed by atoms with van der Waals surface area (Å²) < 4.78 is 19.0. The van der Waals surface area contributed by atoms with Crippen LogP contribution in [0.15, 0.2) is 0 Å². The molecule has 1 saturated heterocycles. The highest BCUT2D eigenvalue weighted by molar-refractivity contribution is 5.68. The number of nitrogens with zero attached hydrogens (tertiary/aromatic N) is 1. The quantitative estimate of drug-likeness (QED) is 0.839. The van der Waals surface area contributed by atoms with Gasteiger partial charge in [-0.1, -0.05) is 6.42 Å². The van der Waals surface area contributed by atoms with Crippen molar-refractivity contribution in [2.75, 3.05) is 13.1 Å². The van der Waals surface area contributed by atoms with Crippen molar-refractivity contribution in [2.45, 2.75) is 70.3 Å². The molecule has 0 aromatic rings. The summed E-state index contributed by atoms with van der Waals surface area (Å²) in [4.78, 5) is 13.9. The minimum atomic E-state index is -0.853. The lowest BCUT2D eigenvalue weighted by Gasteiger charge is -2.43. The molecule has 1 saturated carbocycles. The zero-order valence-corrected chi connectivity index (χ0v) is 12.1. The van der Waals surface area contributed by atoms with Gasteiger partial charge in [0.1, 0.15) is 11.8 Å². The lowest BCUT2D eigenvalue weighted by atomic mass is 9.89. The molecule has 19 heavy (non-hydrogen) atoms. The standard InChI is InChI=1S/C14H25FN2O2/c1-14(2,3)19-13(18)16-11-7-10(15)8-17(9-11)12-5-4-6-12/h10-12H,4-9H2,1-3H3,(H,16,18)/t10-,11-/m1/s1. The highest BCUT2D eigenvalue weighted by Crippen LogP contribution is 2.28. The number of hydrogen-bond donors (Lipinski definition) is 1. The van der Waals surface area contributed by atoms with Crippen molar-refractivity contribution in [3.05, 3.63) is 0 Å². The molecule has 2 rings (SSSR count). The number of amides is 1. The second-order valence-corrected chi connectivity index (χ2v) is 6.71. The van der Waals surface area contributed by atoms with E-state index in [0.29, 0.717) is 19.0 Å². The number of alkyl carbamates (subject to hydrolysis) is 1. The van der Waals surface area contributed by atoms with Crippen LogP contribution in [0.25, 0.3) is 0 Å². The van der Waals surface area contributed by atoms with Crippen LogP contribution in [-0.4, -0.2) is 47.9 Å². The Labute approximate surface area is 114 Å². The Bertz CT molecular complexity index is 326. The molecule has 1 N–H and O–H groups in total. The van der Waals surface area contributed by atoms with E-state index in [2.05, 4.69) is 10.2 Å². The van der Waals surface area contributed by atoms with Crippen LogP contribution in [0.3, 0.4) is 0 Å². The van der Waals surface area contributed by atoms with Crippen molar-refractivity contribution in [3.63, 3.8) is 0 Å². The summed E-state index contributed by atoms with van der Waals surface area (Å²) in [6.45, 7) is 6.73. The first-order valence-corrected chi connectivity index (χ1v) is 7.21. The van der Waals surface area contributed by atoms with Gasteiger partial charge >= 0.3 is 6.09 Å². The van der Waals surface area contributed by atoms with Crippen molar-refractivity contribution in [1.82, 2.24) is 10.2 Å². The molecule has 2 fully saturated rings. The van der Waals surface area contributed by atoms with Gasteiger partial charge in [0.2, 0.25) is 0 Å². The van der Waals surface area contributed by atoms with E-state index < -0.39 is 17.9 Å². The van der Waals surface area contributed by atoms with E-state index in [9.17, 15) is 9.18 Å². The van der Waals surface area contributed by atoms with Crippen molar-refractivity contribution in [1.29, 1.82) is 0 Å². The SMILES string of the molecule is CC(C)(C)OC(=O)N[C@@H]1C[C@@H](F)CN(C2CCC2)C1. The summed E-state index contributed by atoms with van der Waals surface area (Å²) in [6, 6.07) is 0.376. The number of likely N-dealkylation sites (tertiary alicyclic amines) is 1. The number of carbonyl (C=O) groups is 1. The summed E-state index contributed by atoms with van der Waals surface area (Å²) in [7, 11) is 0. The molecule has 4 nitrogen and oxygen atoms in total. The van der Waals surface area contributed by atoms with Gasteiger partial charge in [0, 0.05) is 31.6 Å². The van der Waals surface area contributed by atoms with Crippen molar-refractivity contribution >= 4 is 6.09 Å². The second kappa shape index (κ2) is 5.65. The molecule has 2 atom stereocenters. The van der Waals surface area contributed by atoms with Gasteiger partial charge in [-0.15, -0.1) is 0 Å². The molecule has 1 aliphatic heterocycles. The Morgan fingerprint density at radius 1 is 1.32 bits per heavy atom. The Morgan fingerprint density at radius 3 is 2.53 bits per heavy atom. The first-order chi connectivity index (χ1) is 8.83. The summed E-state index contributed by atoms with van der Waals surface area (Å²) in [5.74, 6) is 0. The third kappa shape index (κ3) is 4.34. The normalized spacial score (nSPS) is 29.7. The van der Waals surface area contributed by atoms with E-state index in [4.69, 9.17) is 4.74 Å². The zero-order valence-electron chi connectivity index (χ0n) is 12.1. The number of rotatable bonds is 2. The predicted molar refractivity (Wildman–Crippen MR) is 71.9 cm³/mol. The van der Waals surface area contributed by atoms with Crippen LogP contribution in [0.4, 0.5) is 9.18 Å². The number of carbonyl (C=O) groups excluding carboxylic acids is 1. The van der Waals surface area contributed by atoms with Crippen LogP contribution in [0.5, 0.6) is 0 Å². The molecule has 2 aliphatic rings. The molecule has 0 bridgehead atoms. The van der Waals surface area contributed by atoms with Crippen molar-refractivity contribution in [3.8, 4) is 0 Å². The minimum Gasteiger partial charge on any atom is -0.444 e. The topological polar surface area (TPSA) is 41.6 Å². The van der Waals surface area contributed by atoms with E-state index in [-0.39, 0.29) is 6.04 Å². The number of ether oxygens (including phenoxy) is 1.